The Morgan fingerprint density at radius 2 is 1.86 bits per heavy atom. The first-order valence-corrected chi connectivity index (χ1v) is 7.99. The second-order valence-corrected chi connectivity index (χ2v) is 6.55. The van der Waals surface area contributed by atoms with Crippen LogP contribution in [0, 0.1) is 11.3 Å². The summed E-state index contributed by atoms with van der Waals surface area (Å²) >= 11 is 0. The standard InChI is InChI=1S/C16H32N2O3/c1-4-13(5-6-15(20)21)8-12-18-14(19)7-9-16(2,3)10-11-17/h13H,4-12,17H2,1-3H3,(H,18,19)(H,20,21). The van der Waals surface area contributed by atoms with Crippen LogP contribution in [-0.2, 0) is 9.59 Å². The van der Waals surface area contributed by atoms with Gasteiger partial charge in [-0.15, -0.1) is 0 Å². The van der Waals surface area contributed by atoms with E-state index in [0.29, 0.717) is 31.8 Å². The number of nitrogens with two attached hydrogens (primary N) is 1. The summed E-state index contributed by atoms with van der Waals surface area (Å²) in [5.41, 5.74) is 5.67. The molecular weight excluding hydrogens is 268 g/mol. The van der Waals surface area contributed by atoms with E-state index in [0.717, 1.165) is 25.7 Å². The van der Waals surface area contributed by atoms with Crippen LogP contribution < -0.4 is 11.1 Å². The minimum Gasteiger partial charge on any atom is -0.481 e. The van der Waals surface area contributed by atoms with Gasteiger partial charge in [-0.05, 0) is 43.6 Å². The van der Waals surface area contributed by atoms with Gasteiger partial charge in [-0.25, -0.2) is 0 Å². The molecule has 5 heteroatoms. The molecule has 0 aromatic rings. The van der Waals surface area contributed by atoms with Crippen molar-refractivity contribution in [2.24, 2.45) is 17.1 Å². The van der Waals surface area contributed by atoms with Crippen molar-refractivity contribution in [3.05, 3.63) is 0 Å². The highest BCUT2D eigenvalue weighted by Gasteiger charge is 2.18. The summed E-state index contributed by atoms with van der Waals surface area (Å²) in [6.07, 6.45) is 4.98. The van der Waals surface area contributed by atoms with E-state index in [4.69, 9.17) is 10.8 Å². The van der Waals surface area contributed by atoms with Crippen LogP contribution in [0.5, 0.6) is 0 Å². The van der Waals surface area contributed by atoms with Gasteiger partial charge in [-0.3, -0.25) is 9.59 Å². The number of carboxylic acids is 1. The van der Waals surface area contributed by atoms with E-state index in [1.165, 1.54) is 0 Å². The maximum absolute atomic E-state index is 11.8. The molecule has 0 aliphatic rings. The van der Waals surface area contributed by atoms with Crippen molar-refractivity contribution >= 4 is 11.9 Å². The molecule has 124 valence electrons. The van der Waals surface area contributed by atoms with Gasteiger partial charge in [0.05, 0.1) is 0 Å². The van der Waals surface area contributed by atoms with Crippen molar-refractivity contribution in [3.8, 4) is 0 Å². The minimum atomic E-state index is -0.750. The number of hydrogen-bond acceptors (Lipinski definition) is 3. The van der Waals surface area contributed by atoms with Gasteiger partial charge in [-0.1, -0.05) is 27.2 Å². The zero-order valence-electron chi connectivity index (χ0n) is 13.8. The Morgan fingerprint density at radius 1 is 1.19 bits per heavy atom. The van der Waals surface area contributed by atoms with Gasteiger partial charge in [0.15, 0.2) is 0 Å². The van der Waals surface area contributed by atoms with Gasteiger partial charge >= 0.3 is 5.97 Å². The lowest BCUT2D eigenvalue weighted by molar-refractivity contribution is -0.137. The number of nitrogens with one attached hydrogen (secondary N) is 1. The predicted octanol–water partition coefficient (Wildman–Crippen LogP) is 2.54. The van der Waals surface area contributed by atoms with Crippen molar-refractivity contribution in [1.82, 2.24) is 5.32 Å². The molecule has 0 saturated heterocycles. The van der Waals surface area contributed by atoms with Crippen LogP contribution >= 0.6 is 0 Å². The van der Waals surface area contributed by atoms with Crippen molar-refractivity contribution in [1.29, 1.82) is 0 Å². The lowest BCUT2D eigenvalue weighted by Gasteiger charge is -2.23. The molecule has 0 radical (unpaired) electrons. The minimum absolute atomic E-state index is 0.0770. The number of hydrogen-bond donors (Lipinski definition) is 3. The summed E-state index contributed by atoms with van der Waals surface area (Å²) in [5, 5.41) is 11.6. The van der Waals surface area contributed by atoms with Crippen molar-refractivity contribution < 1.29 is 14.7 Å². The average molecular weight is 300 g/mol. The SMILES string of the molecule is CCC(CCNC(=O)CCC(C)(C)CCN)CCC(=O)O. The molecule has 0 spiro atoms. The van der Waals surface area contributed by atoms with Gasteiger partial charge in [-0.2, -0.15) is 0 Å². The topological polar surface area (TPSA) is 92.4 Å². The molecule has 4 N–H and O–H groups in total. The molecule has 0 aromatic carbocycles. The Labute approximate surface area is 128 Å². The third-order valence-corrected chi connectivity index (χ3v) is 4.07. The molecule has 5 nitrogen and oxygen atoms in total. The van der Waals surface area contributed by atoms with Crippen LogP contribution in [0.2, 0.25) is 0 Å². The van der Waals surface area contributed by atoms with Gasteiger partial charge in [0.1, 0.15) is 0 Å². The highest BCUT2D eigenvalue weighted by Crippen LogP contribution is 2.25. The van der Waals surface area contributed by atoms with Crippen LogP contribution in [0.3, 0.4) is 0 Å². The van der Waals surface area contributed by atoms with Crippen LogP contribution in [0.4, 0.5) is 0 Å². The summed E-state index contributed by atoms with van der Waals surface area (Å²) < 4.78 is 0. The van der Waals surface area contributed by atoms with Crippen LogP contribution in [0.1, 0.15) is 65.7 Å². The second-order valence-electron chi connectivity index (χ2n) is 6.55. The first-order chi connectivity index (χ1) is 9.80. The Morgan fingerprint density at radius 3 is 2.38 bits per heavy atom. The molecule has 0 bridgehead atoms. The zero-order valence-corrected chi connectivity index (χ0v) is 13.8. The Kier molecular flexibility index (Phi) is 10.0. The van der Waals surface area contributed by atoms with Crippen LogP contribution in [0.15, 0.2) is 0 Å². The Hall–Kier alpha value is -1.10. The fourth-order valence-corrected chi connectivity index (χ4v) is 2.35. The number of carboxylic acid groups (broad SMARTS) is 1. The lowest BCUT2D eigenvalue weighted by Crippen LogP contribution is -2.28. The third-order valence-electron chi connectivity index (χ3n) is 4.07. The Bertz CT molecular complexity index is 317. The maximum atomic E-state index is 11.8. The first kappa shape index (κ1) is 19.9. The van der Waals surface area contributed by atoms with E-state index in [2.05, 4.69) is 26.1 Å². The lowest BCUT2D eigenvalue weighted by atomic mass is 9.84. The average Bonchev–Trinajstić information content (AvgIpc) is 2.40. The summed E-state index contributed by atoms with van der Waals surface area (Å²) in [5.74, 6) is -0.303. The molecule has 0 aliphatic heterocycles. The first-order valence-electron chi connectivity index (χ1n) is 7.99. The van der Waals surface area contributed by atoms with Crippen molar-refractivity contribution in [3.63, 3.8) is 0 Å². The highest BCUT2D eigenvalue weighted by molar-refractivity contribution is 5.75. The highest BCUT2D eigenvalue weighted by atomic mass is 16.4. The quantitative estimate of drug-likeness (QED) is 0.516. The number of amides is 1. The number of rotatable bonds is 12. The molecule has 0 aliphatic carbocycles. The van der Waals surface area contributed by atoms with Crippen molar-refractivity contribution in [2.45, 2.75) is 65.7 Å². The second kappa shape index (κ2) is 10.6. The monoisotopic (exact) mass is 300 g/mol. The normalized spacial score (nSPS) is 13.0. The largest absolute Gasteiger partial charge is 0.481 e. The maximum Gasteiger partial charge on any atom is 0.303 e. The molecule has 0 heterocycles. The van der Waals surface area contributed by atoms with E-state index in [1.807, 2.05) is 0 Å². The van der Waals surface area contributed by atoms with Gasteiger partial charge in [0.2, 0.25) is 5.91 Å². The van der Waals surface area contributed by atoms with E-state index < -0.39 is 5.97 Å². The molecule has 0 saturated carbocycles. The Balaban J connectivity index is 3.84. The fraction of sp³-hybridized carbons (Fsp3) is 0.875. The molecule has 1 unspecified atom stereocenters. The van der Waals surface area contributed by atoms with E-state index in [9.17, 15) is 9.59 Å². The van der Waals surface area contributed by atoms with Gasteiger partial charge in [0.25, 0.3) is 0 Å². The van der Waals surface area contributed by atoms with Crippen molar-refractivity contribution in [2.75, 3.05) is 13.1 Å². The van der Waals surface area contributed by atoms with E-state index in [-0.39, 0.29) is 17.7 Å². The van der Waals surface area contributed by atoms with Crippen LogP contribution in [-0.4, -0.2) is 30.1 Å². The van der Waals surface area contributed by atoms with E-state index >= 15 is 0 Å². The molecule has 0 rings (SSSR count). The summed E-state index contributed by atoms with van der Waals surface area (Å²) in [7, 11) is 0. The number of aliphatic carboxylic acids is 1. The zero-order chi connectivity index (χ0) is 16.3. The van der Waals surface area contributed by atoms with Gasteiger partial charge in [0, 0.05) is 19.4 Å². The van der Waals surface area contributed by atoms with E-state index in [1.54, 1.807) is 0 Å². The summed E-state index contributed by atoms with van der Waals surface area (Å²) in [6.45, 7) is 7.60. The third kappa shape index (κ3) is 11.3. The van der Waals surface area contributed by atoms with Crippen LogP contribution in [0.25, 0.3) is 0 Å². The summed E-state index contributed by atoms with van der Waals surface area (Å²) in [6, 6.07) is 0. The molecule has 0 aromatic heterocycles. The number of carbonyl (C=O) groups is 2. The smallest absolute Gasteiger partial charge is 0.303 e. The fourth-order valence-electron chi connectivity index (χ4n) is 2.35. The van der Waals surface area contributed by atoms with Gasteiger partial charge < -0.3 is 16.2 Å². The molecule has 1 amide bonds. The predicted molar refractivity (Wildman–Crippen MR) is 85.0 cm³/mol. The molecule has 0 fully saturated rings. The molecule has 1 atom stereocenters. The number of carbonyl (C=O) groups excluding carboxylic acids is 1. The summed E-state index contributed by atoms with van der Waals surface area (Å²) in [4.78, 5) is 22.3. The molecular formula is C16H32N2O3. The molecule has 21 heavy (non-hydrogen) atoms.